The molecule has 2 nitrogen and oxygen atoms in total. The minimum absolute atomic E-state index is 0.774. The number of hydrogen-bond donors (Lipinski definition) is 0. The standard InChI is InChI=1S/C14H21NO/c1-12-7-9-15-14(11-12)16-10-8-13-5-3-2-4-6-13/h7,9,11,13H,2-6,8,10H2,1H3. The fourth-order valence-corrected chi connectivity index (χ4v) is 2.39. The average Bonchev–Trinajstić information content (AvgIpc) is 2.30. The van der Waals surface area contributed by atoms with E-state index in [1.165, 1.54) is 44.1 Å². The van der Waals surface area contributed by atoms with E-state index in [0.717, 1.165) is 18.4 Å². The molecule has 0 aliphatic heterocycles. The van der Waals surface area contributed by atoms with Gasteiger partial charge in [-0.3, -0.25) is 0 Å². The first-order valence-electron chi connectivity index (χ1n) is 6.40. The first-order chi connectivity index (χ1) is 7.84. The molecule has 1 aromatic heterocycles. The summed E-state index contributed by atoms with van der Waals surface area (Å²) in [6.07, 6.45) is 10.0. The Balaban J connectivity index is 1.71. The lowest BCUT2D eigenvalue weighted by atomic mass is 9.87. The maximum atomic E-state index is 5.68. The average molecular weight is 219 g/mol. The summed E-state index contributed by atoms with van der Waals surface area (Å²) in [5.41, 5.74) is 1.21. The van der Waals surface area contributed by atoms with Crippen LogP contribution in [0.5, 0.6) is 5.88 Å². The van der Waals surface area contributed by atoms with Crippen molar-refractivity contribution in [2.75, 3.05) is 6.61 Å². The molecule has 1 fully saturated rings. The second-order valence-electron chi connectivity index (χ2n) is 4.81. The Morgan fingerprint density at radius 2 is 2.12 bits per heavy atom. The fraction of sp³-hybridized carbons (Fsp3) is 0.643. The largest absolute Gasteiger partial charge is 0.478 e. The molecule has 0 atom stereocenters. The molecule has 16 heavy (non-hydrogen) atoms. The molecule has 1 saturated carbocycles. The Morgan fingerprint density at radius 1 is 1.31 bits per heavy atom. The van der Waals surface area contributed by atoms with Gasteiger partial charge in [-0.15, -0.1) is 0 Å². The Hall–Kier alpha value is -1.05. The molecule has 0 saturated heterocycles. The second-order valence-corrected chi connectivity index (χ2v) is 4.81. The van der Waals surface area contributed by atoms with Gasteiger partial charge in [0.1, 0.15) is 0 Å². The van der Waals surface area contributed by atoms with E-state index in [4.69, 9.17) is 4.74 Å². The predicted molar refractivity (Wildman–Crippen MR) is 65.7 cm³/mol. The van der Waals surface area contributed by atoms with Crippen LogP contribution in [0.1, 0.15) is 44.1 Å². The molecule has 0 radical (unpaired) electrons. The molecule has 2 heteroatoms. The van der Waals surface area contributed by atoms with Crippen LogP contribution in [0.3, 0.4) is 0 Å². The Morgan fingerprint density at radius 3 is 2.88 bits per heavy atom. The van der Waals surface area contributed by atoms with Gasteiger partial charge < -0.3 is 4.74 Å². The lowest BCUT2D eigenvalue weighted by Crippen LogP contribution is -2.11. The van der Waals surface area contributed by atoms with Gasteiger partial charge in [-0.1, -0.05) is 32.1 Å². The normalized spacial score (nSPS) is 17.3. The summed E-state index contributed by atoms with van der Waals surface area (Å²) < 4.78 is 5.68. The van der Waals surface area contributed by atoms with E-state index >= 15 is 0 Å². The highest BCUT2D eigenvalue weighted by Crippen LogP contribution is 2.26. The molecule has 0 spiro atoms. The molecule has 1 aliphatic rings. The summed E-state index contributed by atoms with van der Waals surface area (Å²) >= 11 is 0. The summed E-state index contributed by atoms with van der Waals surface area (Å²) in [6, 6.07) is 3.99. The number of ether oxygens (including phenoxy) is 1. The lowest BCUT2D eigenvalue weighted by Gasteiger charge is -2.21. The summed E-state index contributed by atoms with van der Waals surface area (Å²) in [5, 5.41) is 0. The first kappa shape index (κ1) is 11.4. The van der Waals surface area contributed by atoms with Gasteiger partial charge in [0.15, 0.2) is 0 Å². The molecule has 0 N–H and O–H groups in total. The van der Waals surface area contributed by atoms with E-state index in [1.54, 1.807) is 0 Å². The third kappa shape index (κ3) is 3.51. The van der Waals surface area contributed by atoms with Crippen LogP contribution in [-0.2, 0) is 0 Å². The lowest BCUT2D eigenvalue weighted by molar-refractivity contribution is 0.240. The molecule has 1 aliphatic carbocycles. The van der Waals surface area contributed by atoms with Gasteiger partial charge in [-0.2, -0.15) is 0 Å². The van der Waals surface area contributed by atoms with E-state index in [1.807, 2.05) is 18.3 Å². The van der Waals surface area contributed by atoms with Crippen LogP contribution in [0, 0.1) is 12.8 Å². The van der Waals surface area contributed by atoms with Crippen LogP contribution >= 0.6 is 0 Å². The number of pyridine rings is 1. The molecule has 0 unspecified atom stereocenters. The maximum absolute atomic E-state index is 5.68. The topological polar surface area (TPSA) is 22.1 Å². The van der Waals surface area contributed by atoms with Crippen LogP contribution < -0.4 is 4.74 Å². The number of nitrogens with zero attached hydrogens (tertiary/aromatic N) is 1. The van der Waals surface area contributed by atoms with E-state index in [2.05, 4.69) is 11.9 Å². The highest BCUT2D eigenvalue weighted by molar-refractivity contribution is 5.18. The molecule has 1 heterocycles. The predicted octanol–water partition coefficient (Wildman–Crippen LogP) is 3.74. The minimum atomic E-state index is 0.774. The third-order valence-corrected chi connectivity index (χ3v) is 3.39. The van der Waals surface area contributed by atoms with E-state index in [9.17, 15) is 0 Å². The molecule has 0 aromatic carbocycles. The van der Waals surface area contributed by atoms with Gasteiger partial charge in [0.05, 0.1) is 6.61 Å². The van der Waals surface area contributed by atoms with Crippen molar-refractivity contribution in [3.05, 3.63) is 23.9 Å². The van der Waals surface area contributed by atoms with E-state index in [0.29, 0.717) is 0 Å². The van der Waals surface area contributed by atoms with Crippen molar-refractivity contribution >= 4 is 0 Å². The van der Waals surface area contributed by atoms with Crippen LogP contribution in [-0.4, -0.2) is 11.6 Å². The van der Waals surface area contributed by atoms with Crippen LogP contribution in [0.2, 0.25) is 0 Å². The minimum Gasteiger partial charge on any atom is -0.478 e. The summed E-state index contributed by atoms with van der Waals surface area (Å²) in [4.78, 5) is 4.20. The molecule has 1 aromatic rings. The van der Waals surface area contributed by atoms with Gasteiger partial charge in [0.2, 0.25) is 5.88 Å². The second kappa shape index (κ2) is 5.88. The molecule has 2 rings (SSSR count). The monoisotopic (exact) mass is 219 g/mol. The van der Waals surface area contributed by atoms with Crippen molar-refractivity contribution in [3.8, 4) is 5.88 Å². The highest BCUT2D eigenvalue weighted by Gasteiger charge is 2.13. The fourth-order valence-electron chi connectivity index (χ4n) is 2.39. The van der Waals surface area contributed by atoms with Gasteiger partial charge in [-0.05, 0) is 30.9 Å². The first-order valence-corrected chi connectivity index (χ1v) is 6.40. The van der Waals surface area contributed by atoms with Crippen molar-refractivity contribution in [1.29, 1.82) is 0 Å². The zero-order valence-electron chi connectivity index (χ0n) is 10.1. The number of hydrogen-bond acceptors (Lipinski definition) is 2. The Labute approximate surface area is 98.0 Å². The molecule has 0 amide bonds. The van der Waals surface area contributed by atoms with Crippen LogP contribution in [0.25, 0.3) is 0 Å². The summed E-state index contributed by atoms with van der Waals surface area (Å²) in [7, 11) is 0. The zero-order valence-corrected chi connectivity index (χ0v) is 10.1. The van der Waals surface area contributed by atoms with Crippen LogP contribution in [0.4, 0.5) is 0 Å². The summed E-state index contributed by atoms with van der Waals surface area (Å²) in [5.74, 6) is 1.66. The van der Waals surface area contributed by atoms with Gasteiger partial charge in [0.25, 0.3) is 0 Å². The smallest absolute Gasteiger partial charge is 0.213 e. The SMILES string of the molecule is Cc1ccnc(OCCC2CCCCC2)c1. The van der Waals surface area contributed by atoms with Gasteiger partial charge in [0, 0.05) is 12.3 Å². The number of aryl methyl sites for hydroxylation is 1. The highest BCUT2D eigenvalue weighted by atomic mass is 16.5. The van der Waals surface area contributed by atoms with E-state index in [-0.39, 0.29) is 0 Å². The molecular weight excluding hydrogens is 198 g/mol. The summed E-state index contributed by atoms with van der Waals surface area (Å²) in [6.45, 7) is 2.89. The quantitative estimate of drug-likeness (QED) is 0.769. The zero-order chi connectivity index (χ0) is 11.2. The number of aromatic nitrogens is 1. The molecule has 88 valence electrons. The van der Waals surface area contributed by atoms with Crippen molar-refractivity contribution in [1.82, 2.24) is 4.98 Å². The maximum Gasteiger partial charge on any atom is 0.213 e. The van der Waals surface area contributed by atoms with Crippen molar-refractivity contribution < 1.29 is 4.74 Å². The van der Waals surface area contributed by atoms with Crippen molar-refractivity contribution in [2.45, 2.75) is 45.4 Å². The van der Waals surface area contributed by atoms with Gasteiger partial charge >= 0.3 is 0 Å². The Kier molecular flexibility index (Phi) is 4.20. The van der Waals surface area contributed by atoms with Gasteiger partial charge in [-0.25, -0.2) is 4.98 Å². The van der Waals surface area contributed by atoms with E-state index < -0.39 is 0 Å². The van der Waals surface area contributed by atoms with Crippen molar-refractivity contribution in [3.63, 3.8) is 0 Å². The number of rotatable bonds is 4. The Bertz CT molecular complexity index is 318. The molecular formula is C14H21NO. The third-order valence-electron chi connectivity index (χ3n) is 3.39. The molecule has 0 bridgehead atoms. The van der Waals surface area contributed by atoms with Crippen molar-refractivity contribution in [2.24, 2.45) is 5.92 Å². The van der Waals surface area contributed by atoms with Crippen LogP contribution in [0.15, 0.2) is 18.3 Å².